The molecule has 1 saturated carbocycles. The zero-order valence-electron chi connectivity index (χ0n) is 12.1. The highest BCUT2D eigenvalue weighted by Crippen LogP contribution is 2.29. The van der Waals surface area contributed by atoms with E-state index >= 15 is 0 Å². The number of nitrogens with zero attached hydrogens (tertiary/aromatic N) is 1. The first-order chi connectivity index (χ1) is 8.36. The molecule has 0 spiro atoms. The van der Waals surface area contributed by atoms with Gasteiger partial charge in [0, 0.05) is 25.3 Å². The van der Waals surface area contributed by atoms with Crippen molar-refractivity contribution in [3.63, 3.8) is 0 Å². The second-order valence-corrected chi connectivity index (χ2v) is 6.77. The summed E-state index contributed by atoms with van der Waals surface area (Å²) in [5.74, 6) is 0.785. The fourth-order valence-electron chi connectivity index (χ4n) is 2.64. The fraction of sp³-hybridized carbons (Fsp3) is 0.625. The Labute approximate surface area is 111 Å². The predicted octanol–water partition coefficient (Wildman–Crippen LogP) is 3.16. The Hall–Kier alpha value is -1.02. The molecule has 0 radical (unpaired) electrons. The van der Waals surface area contributed by atoms with E-state index in [1.54, 1.807) is 0 Å². The minimum atomic E-state index is 0.234. The average molecular weight is 246 g/mol. The second kappa shape index (κ2) is 4.93. The molecular formula is C16H26N2. The van der Waals surface area contributed by atoms with Crippen LogP contribution >= 0.6 is 0 Å². The van der Waals surface area contributed by atoms with E-state index in [1.165, 1.54) is 24.1 Å². The van der Waals surface area contributed by atoms with Crippen molar-refractivity contribution in [2.45, 2.75) is 45.1 Å². The molecule has 0 unspecified atom stereocenters. The number of anilines is 1. The second-order valence-electron chi connectivity index (χ2n) is 6.77. The summed E-state index contributed by atoms with van der Waals surface area (Å²) in [6.07, 6.45) is 2.37. The third-order valence-electron chi connectivity index (χ3n) is 3.98. The zero-order valence-corrected chi connectivity index (χ0v) is 12.1. The summed E-state index contributed by atoms with van der Waals surface area (Å²) in [5, 5.41) is 0. The van der Waals surface area contributed by atoms with Gasteiger partial charge in [-0.25, -0.2) is 0 Å². The first-order valence-corrected chi connectivity index (χ1v) is 6.93. The number of rotatable bonds is 3. The molecule has 1 fully saturated rings. The Morgan fingerprint density at radius 2 is 1.72 bits per heavy atom. The van der Waals surface area contributed by atoms with Crippen LogP contribution in [-0.2, 0) is 5.41 Å². The molecule has 0 bridgehead atoms. The number of hydrogen-bond acceptors (Lipinski definition) is 2. The Kier molecular flexibility index (Phi) is 3.67. The van der Waals surface area contributed by atoms with Crippen molar-refractivity contribution in [2.24, 2.45) is 11.7 Å². The molecular weight excluding hydrogens is 220 g/mol. The van der Waals surface area contributed by atoms with E-state index in [-0.39, 0.29) is 5.41 Å². The number of benzene rings is 1. The molecule has 100 valence electrons. The van der Waals surface area contributed by atoms with Crippen molar-refractivity contribution >= 4 is 5.69 Å². The quantitative estimate of drug-likeness (QED) is 0.887. The van der Waals surface area contributed by atoms with E-state index in [2.05, 4.69) is 57.0 Å². The molecule has 2 N–H and O–H groups in total. The van der Waals surface area contributed by atoms with Crippen molar-refractivity contribution in [2.75, 3.05) is 18.5 Å². The SMILES string of the molecule is CN(CC1CC(N)C1)c1ccc(C(C)(C)C)cc1. The summed E-state index contributed by atoms with van der Waals surface area (Å²) in [4.78, 5) is 2.35. The van der Waals surface area contributed by atoms with E-state index in [1.807, 2.05) is 0 Å². The molecule has 0 amide bonds. The molecule has 1 aliphatic rings. The molecule has 0 aromatic heterocycles. The van der Waals surface area contributed by atoms with E-state index in [0.717, 1.165) is 12.5 Å². The van der Waals surface area contributed by atoms with Crippen molar-refractivity contribution < 1.29 is 0 Å². The fourth-order valence-corrected chi connectivity index (χ4v) is 2.64. The van der Waals surface area contributed by atoms with Gasteiger partial charge in [-0.15, -0.1) is 0 Å². The van der Waals surface area contributed by atoms with Gasteiger partial charge in [0.15, 0.2) is 0 Å². The van der Waals surface area contributed by atoms with E-state index < -0.39 is 0 Å². The Morgan fingerprint density at radius 3 is 2.17 bits per heavy atom. The summed E-state index contributed by atoms with van der Waals surface area (Å²) in [5.41, 5.74) is 8.77. The first-order valence-electron chi connectivity index (χ1n) is 6.93. The van der Waals surface area contributed by atoms with Crippen LogP contribution in [0.5, 0.6) is 0 Å². The van der Waals surface area contributed by atoms with Crippen LogP contribution in [0.4, 0.5) is 5.69 Å². The molecule has 1 aliphatic carbocycles. The summed E-state index contributed by atoms with van der Waals surface area (Å²) in [6.45, 7) is 7.88. The van der Waals surface area contributed by atoms with Gasteiger partial charge >= 0.3 is 0 Å². The lowest BCUT2D eigenvalue weighted by molar-refractivity contribution is 0.271. The molecule has 0 atom stereocenters. The number of hydrogen-bond donors (Lipinski definition) is 1. The Morgan fingerprint density at radius 1 is 1.17 bits per heavy atom. The van der Waals surface area contributed by atoms with Crippen molar-refractivity contribution in [3.05, 3.63) is 29.8 Å². The van der Waals surface area contributed by atoms with E-state index in [0.29, 0.717) is 6.04 Å². The molecule has 1 aromatic rings. The summed E-state index contributed by atoms with van der Waals surface area (Å²) >= 11 is 0. The maximum absolute atomic E-state index is 5.83. The van der Waals surface area contributed by atoms with Crippen molar-refractivity contribution in [1.29, 1.82) is 0 Å². The molecule has 2 rings (SSSR count). The summed E-state index contributed by atoms with van der Waals surface area (Å²) < 4.78 is 0. The van der Waals surface area contributed by atoms with Gasteiger partial charge in [-0.05, 0) is 41.9 Å². The van der Waals surface area contributed by atoms with E-state index in [4.69, 9.17) is 5.73 Å². The van der Waals surface area contributed by atoms with Gasteiger partial charge in [0.1, 0.15) is 0 Å². The lowest BCUT2D eigenvalue weighted by Crippen LogP contribution is -2.41. The van der Waals surface area contributed by atoms with Gasteiger partial charge in [0.05, 0.1) is 0 Å². The summed E-state index contributed by atoms with van der Waals surface area (Å²) in [7, 11) is 2.18. The molecule has 0 heterocycles. The highest BCUT2D eigenvalue weighted by atomic mass is 15.1. The van der Waals surface area contributed by atoms with Crippen LogP contribution in [-0.4, -0.2) is 19.6 Å². The minimum Gasteiger partial charge on any atom is -0.374 e. The number of nitrogens with two attached hydrogens (primary N) is 1. The minimum absolute atomic E-state index is 0.234. The molecule has 0 saturated heterocycles. The van der Waals surface area contributed by atoms with Crippen LogP contribution in [0.25, 0.3) is 0 Å². The third-order valence-corrected chi connectivity index (χ3v) is 3.98. The normalized spacial score (nSPS) is 23.6. The lowest BCUT2D eigenvalue weighted by Gasteiger charge is -2.36. The van der Waals surface area contributed by atoms with Gasteiger partial charge in [0.2, 0.25) is 0 Å². The maximum atomic E-state index is 5.83. The van der Waals surface area contributed by atoms with Crippen LogP contribution in [0, 0.1) is 5.92 Å². The maximum Gasteiger partial charge on any atom is 0.0363 e. The van der Waals surface area contributed by atoms with Crippen LogP contribution in [0.3, 0.4) is 0 Å². The van der Waals surface area contributed by atoms with Crippen LogP contribution < -0.4 is 10.6 Å². The van der Waals surface area contributed by atoms with Gasteiger partial charge in [-0.1, -0.05) is 32.9 Å². The smallest absolute Gasteiger partial charge is 0.0363 e. The molecule has 2 nitrogen and oxygen atoms in total. The van der Waals surface area contributed by atoms with Gasteiger partial charge in [-0.3, -0.25) is 0 Å². The van der Waals surface area contributed by atoms with Crippen LogP contribution in [0.15, 0.2) is 24.3 Å². The third kappa shape index (κ3) is 3.05. The monoisotopic (exact) mass is 246 g/mol. The lowest BCUT2D eigenvalue weighted by atomic mass is 9.80. The molecule has 1 aromatic carbocycles. The van der Waals surface area contributed by atoms with Gasteiger partial charge in [0.25, 0.3) is 0 Å². The summed E-state index contributed by atoms with van der Waals surface area (Å²) in [6, 6.07) is 9.42. The highest BCUT2D eigenvalue weighted by Gasteiger charge is 2.26. The molecule has 2 heteroatoms. The molecule has 0 aliphatic heterocycles. The topological polar surface area (TPSA) is 29.3 Å². The zero-order chi connectivity index (χ0) is 13.3. The molecule has 18 heavy (non-hydrogen) atoms. The average Bonchev–Trinajstić information content (AvgIpc) is 2.26. The van der Waals surface area contributed by atoms with Crippen molar-refractivity contribution in [1.82, 2.24) is 0 Å². The standard InChI is InChI=1S/C16H26N2/c1-16(2,3)13-5-7-15(8-6-13)18(4)11-12-9-14(17)10-12/h5-8,12,14H,9-11,17H2,1-4H3. The largest absolute Gasteiger partial charge is 0.374 e. The Balaban J connectivity index is 1.96. The van der Waals surface area contributed by atoms with Crippen LogP contribution in [0.2, 0.25) is 0 Å². The van der Waals surface area contributed by atoms with Crippen LogP contribution in [0.1, 0.15) is 39.2 Å². The van der Waals surface area contributed by atoms with Crippen molar-refractivity contribution in [3.8, 4) is 0 Å². The van der Waals surface area contributed by atoms with Gasteiger partial charge < -0.3 is 10.6 Å². The predicted molar refractivity (Wildman–Crippen MR) is 79.1 cm³/mol. The van der Waals surface area contributed by atoms with Gasteiger partial charge in [-0.2, -0.15) is 0 Å². The first kappa shape index (κ1) is 13.4. The van der Waals surface area contributed by atoms with E-state index in [9.17, 15) is 0 Å². The Bertz CT molecular complexity index is 383. The highest BCUT2D eigenvalue weighted by molar-refractivity contribution is 5.48.